The fraction of sp³-hybridized carbons (Fsp3) is 0.462. The predicted molar refractivity (Wildman–Crippen MR) is 66.5 cm³/mol. The minimum absolute atomic E-state index is 0.161. The summed E-state index contributed by atoms with van der Waals surface area (Å²) in [5.41, 5.74) is 0.775. The topological polar surface area (TPSA) is 79.7 Å². The van der Waals surface area contributed by atoms with Gasteiger partial charge in [0.15, 0.2) is 0 Å². The Balaban J connectivity index is 2.07. The molecule has 0 bridgehead atoms. The van der Waals surface area contributed by atoms with Crippen molar-refractivity contribution < 1.29 is 19.4 Å². The Morgan fingerprint density at radius 2 is 2.37 bits per heavy atom. The van der Waals surface area contributed by atoms with Crippen LogP contribution in [0.4, 0.5) is 0 Å². The summed E-state index contributed by atoms with van der Waals surface area (Å²) in [6.07, 6.45) is 3.53. The van der Waals surface area contributed by atoms with Gasteiger partial charge in [-0.2, -0.15) is 0 Å². The van der Waals surface area contributed by atoms with Gasteiger partial charge in [0.05, 0.1) is 12.5 Å². The molecule has 1 N–H and O–H groups in total. The van der Waals surface area contributed by atoms with Crippen molar-refractivity contribution in [1.29, 1.82) is 0 Å². The van der Waals surface area contributed by atoms with Gasteiger partial charge < -0.3 is 14.7 Å². The highest BCUT2D eigenvalue weighted by Gasteiger charge is 2.39. The Labute approximate surface area is 111 Å². The van der Waals surface area contributed by atoms with Crippen molar-refractivity contribution >= 4 is 11.9 Å². The number of aromatic nitrogens is 1. The van der Waals surface area contributed by atoms with E-state index in [1.807, 2.05) is 0 Å². The van der Waals surface area contributed by atoms with Crippen LogP contribution in [0.2, 0.25) is 0 Å². The average Bonchev–Trinajstić information content (AvgIpc) is 2.84. The van der Waals surface area contributed by atoms with Crippen molar-refractivity contribution in [3.05, 3.63) is 30.1 Å². The van der Waals surface area contributed by atoms with E-state index in [0.29, 0.717) is 13.0 Å². The lowest BCUT2D eigenvalue weighted by molar-refractivity contribution is -0.148. The Kier molecular flexibility index (Phi) is 4.11. The normalized spacial score (nSPS) is 22.5. The zero-order valence-corrected chi connectivity index (χ0v) is 10.7. The van der Waals surface area contributed by atoms with Gasteiger partial charge in [-0.3, -0.25) is 9.78 Å². The number of amides is 1. The molecule has 1 saturated heterocycles. The molecule has 1 amide bonds. The summed E-state index contributed by atoms with van der Waals surface area (Å²) >= 11 is 0. The number of carbonyl (C=O) groups is 2. The number of ether oxygens (including phenoxy) is 1. The summed E-state index contributed by atoms with van der Waals surface area (Å²) in [5, 5.41) is 9.15. The Morgan fingerprint density at radius 3 is 2.95 bits per heavy atom. The summed E-state index contributed by atoms with van der Waals surface area (Å²) in [4.78, 5) is 28.7. The van der Waals surface area contributed by atoms with Crippen molar-refractivity contribution in [1.82, 2.24) is 9.88 Å². The lowest BCUT2D eigenvalue weighted by Crippen LogP contribution is -2.41. The molecule has 1 aromatic rings. The molecule has 0 radical (unpaired) electrons. The predicted octanol–water partition coefficient (Wildman–Crippen LogP) is 0.325. The van der Waals surface area contributed by atoms with E-state index in [2.05, 4.69) is 4.98 Å². The maximum atomic E-state index is 12.2. The highest BCUT2D eigenvalue weighted by molar-refractivity contribution is 5.85. The lowest BCUT2D eigenvalue weighted by atomic mass is 10.1. The quantitative estimate of drug-likeness (QED) is 0.847. The first-order valence-corrected chi connectivity index (χ1v) is 6.05. The third kappa shape index (κ3) is 3.08. The van der Waals surface area contributed by atoms with E-state index in [4.69, 9.17) is 9.84 Å². The molecule has 2 rings (SSSR count). The highest BCUT2D eigenvalue weighted by atomic mass is 16.5. The van der Waals surface area contributed by atoms with Crippen LogP contribution < -0.4 is 0 Å². The lowest BCUT2D eigenvalue weighted by Gasteiger charge is -2.21. The van der Waals surface area contributed by atoms with Gasteiger partial charge in [0, 0.05) is 32.5 Å². The zero-order valence-electron chi connectivity index (χ0n) is 10.7. The van der Waals surface area contributed by atoms with E-state index in [9.17, 15) is 9.59 Å². The van der Waals surface area contributed by atoms with Crippen LogP contribution in [0.3, 0.4) is 0 Å². The number of hydrogen-bond donors (Lipinski definition) is 1. The summed E-state index contributed by atoms with van der Waals surface area (Å²) < 4.78 is 5.15. The van der Waals surface area contributed by atoms with E-state index in [1.165, 1.54) is 12.0 Å². The van der Waals surface area contributed by atoms with E-state index in [1.54, 1.807) is 24.5 Å². The molecule has 1 aromatic heterocycles. The molecule has 1 fully saturated rings. The highest BCUT2D eigenvalue weighted by Crippen LogP contribution is 2.21. The molecule has 2 heterocycles. The van der Waals surface area contributed by atoms with Gasteiger partial charge >= 0.3 is 5.97 Å². The first-order chi connectivity index (χ1) is 9.11. The molecule has 1 aliphatic rings. The van der Waals surface area contributed by atoms with E-state index < -0.39 is 12.0 Å². The molecule has 1 aliphatic heterocycles. The van der Waals surface area contributed by atoms with Crippen LogP contribution in [0, 0.1) is 0 Å². The number of nitrogens with zero attached hydrogens (tertiary/aromatic N) is 2. The number of carboxylic acids is 1. The Bertz CT molecular complexity index is 463. The summed E-state index contributed by atoms with van der Waals surface area (Å²) in [5.74, 6) is -1.20. The van der Waals surface area contributed by atoms with Gasteiger partial charge in [-0.15, -0.1) is 0 Å². The first kappa shape index (κ1) is 13.5. The second-order valence-electron chi connectivity index (χ2n) is 4.53. The molecule has 6 heteroatoms. The van der Waals surface area contributed by atoms with Crippen molar-refractivity contribution in [3.8, 4) is 0 Å². The monoisotopic (exact) mass is 264 g/mol. The smallest absolute Gasteiger partial charge is 0.326 e. The number of pyridine rings is 1. The maximum Gasteiger partial charge on any atom is 0.326 e. The van der Waals surface area contributed by atoms with Gasteiger partial charge in [0.2, 0.25) is 5.91 Å². The van der Waals surface area contributed by atoms with Crippen molar-refractivity contribution in [3.63, 3.8) is 0 Å². The number of carboxylic acid groups (broad SMARTS) is 1. The summed E-state index contributed by atoms with van der Waals surface area (Å²) in [6.45, 7) is 0.326. The largest absolute Gasteiger partial charge is 0.480 e. The second-order valence-corrected chi connectivity index (χ2v) is 4.53. The van der Waals surface area contributed by atoms with Gasteiger partial charge in [0.1, 0.15) is 6.04 Å². The fourth-order valence-corrected chi connectivity index (χ4v) is 2.26. The van der Waals surface area contributed by atoms with E-state index in [-0.39, 0.29) is 18.4 Å². The number of carbonyl (C=O) groups excluding carboxylic acids is 1. The SMILES string of the molecule is COC1CC(C(=O)O)N(C(=O)Cc2cccnc2)C1. The van der Waals surface area contributed by atoms with E-state index in [0.717, 1.165) is 5.56 Å². The maximum absolute atomic E-state index is 12.2. The molecular formula is C13H16N2O4. The number of methoxy groups -OCH3 is 1. The first-order valence-electron chi connectivity index (χ1n) is 6.05. The van der Waals surface area contributed by atoms with Gasteiger partial charge in [-0.05, 0) is 11.6 Å². The van der Waals surface area contributed by atoms with Crippen LogP contribution in [-0.2, 0) is 20.7 Å². The molecular weight excluding hydrogens is 248 g/mol. The third-order valence-corrected chi connectivity index (χ3v) is 3.28. The van der Waals surface area contributed by atoms with Crippen LogP contribution in [0.5, 0.6) is 0 Å². The molecule has 102 valence electrons. The van der Waals surface area contributed by atoms with Crippen LogP contribution >= 0.6 is 0 Å². The standard InChI is InChI=1S/C13H16N2O4/c1-19-10-6-11(13(17)18)15(8-10)12(16)5-9-3-2-4-14-7-9/h2-4,7,10-11H,5-6,8H2,1H3,(H,17,18). The van der Waals surface area contributed by atoms with Crippen LogP contribution in [0.15, 0.2) is 24.5 Å². The molecule has 0 aromatic carbocycles. The number of rotatable bonds is 4. The van der Waals surface area contributed by atoms with Gasteiger partial charge in [-0.1, -0.05) is 6.07 Å². The van der Waals surface area contributed by atoms with Gasteiger partial charge in [0.25, 0.3) is 0 Å². The average molecular weight is 264 g/mol. The van der Waals surface area contributed by atoms with Gasteiger partial charge in [-0.25, -0.2) is 4.79 Å². The number of likely N-dealkylation sites (tertiary alicyclic amines) is 1. The Hall–Kier alpha value is -1.95. The number of hydrogen-bond acceptors (Lipinski definition) is 4. The zero-order chi connectivity index (χ0) is 13.8. The molecule has 2 unspecified atom stereocenters. The molecule has 0 saturated carbocycles. The van der Waals surface area contributed by atoms with E-state index >= 15 is 0 Å². The minimum atomic E-state index is -0.987. The molecule has 2 atom stereocenters. The van der Waals surface area contributed by atoms with Crippen molar-refractivity contribution in [2.75, 3.05) is 13.7 Å². The molecule has 6 nitrogen and oxygen atoms in total. The minimum Gasteiger partial charge on any atom is -0.480 e. The third-order valence-electron chi connectivity index (χ3n) is 3.28. The van der Waals surface area contributed by atoms with Crippen LogP contribution in [0.1, 0.15) is 12.0 Å². The summed E-state index contributed by atoms with van der Waals surface area (Å²) in [7, 11) is 1.53. The molecule has 0 spiro atoms. The van der Waals surface area contributed by atoms with Crippen molar-refractivity contribution in [2.24, 2.45) is 0 Å². The fourth-order valence-electron chi connectivity index (χ4n) is 2.26. The Morgan fingerprint density at radius 1 is 1.58 bits per heavy atom. The molecule has 0 aliphatic carbocycles. The molecule has 19 heavy (non-hydrogen) atoms. The van der Waals surface area contributed by atoms with Crippen LogP contribution in [-0.4, -0.2) is 52.7 Å². The number of aliphatic carboxylic acids is 1. The van der Waals surface area contributed by atoms with Crippen LogP contribution in [0.25, 0.3) is 0 Å². The second kappa shape index (κ2) is 5.79. The van der Waals surface area contributed by atoms with Crippen molar-refractivity contribution in [2.45, 2.75) is 25.0 Å². The summed E-state index contributed by atoms with van der Waals surface area (Å²) in [6, 6.07) is 2.75.